The molecule has 10 heteroatoms. The monoisotopic (exact) mass is 541 g/mol. The second kappa shape index (κ2) is 11.6. The summed E-state index contributed by atoms with van der Waals surface area (Å²) in [5, 5.41) is 11.5. The van der Waals surface area contributed by atoms with Crippen molar-refractivity contribution >= 4 is 39.0 Å². The molecule has 0 atom stereocenters. The molecule has 0 spiro atoms. The van der Waals surface area contributed by atoms with Crippen LogP contribution in [0.2, 0.25) is 0 Å². The van der Waals surface area contributed by atoms with Crippen molar-refractivity contribution in [3.8, 4) is 0 Å². The van der Waals surface area contributed by atoms with Crippen molar-refractivity contribution in [1.82, 2.24) is 14.7 Å². The average molecular weight is 542 g/mol. The minimum atomic E-state index is -3.51. The van der Waals surface area contributed by atoms with Gasteiger partial charge < -0.3 is 10.6 Å². The van der Waals surface area contributed by atoms with E-state index in [9.17, 15) is 8.42 Å². The predicted molar refractivity (Wildman–Crippen MR) is 156 cm³/mol. The van der Waals surface area contributed by atoms with Gasteiger partial charge in [-0.2, -0.15) is 15.1 Å². The quantitative estimate of drug-likeness (QED) is 0.153. The molecule has 0 amide bonds. The van der Waals surface area contributed by atoms with Crippen LogP contribution in [0.4, 0.5) is 23.3 Å². The Morgan fingerprint density at radius 3 is 2.18 bits per heavy atom. The largest absolute Gasteiger partial charge is 0.367 e. The number of aromatic nitrogens is 2. The van der Waals surface area contributed by atoms with Crippen LogP contribution in [-0.4, -0.2) is 37.2 Å². The molecule has 4 aromatic rings. The third-order valence-corrected chi connectivity index (χ3v) is 7.79. The van der Waals surface area contributed by atoms with Gasteiger partial charge >= 0.3 is 0 Å². The van der Waals surface area contributed by atoms with E-state index in [1.807, 2.05) is 55.5 Å². The molecule has 39 heavy (non-hydrogen) atoms. The van der Waals surface area contributed by atoms with Crippen molar-refractivity contribution in [2.45, 2.75) is 37.1 Å². The van der Waals surface area contributed by atoms with E-state index in [1.165, 1.54) is 7.05 Å². The molecule has 1 aliphatic carbocycles. The summed E-state index contributed by atoms with van der Waals surface area (Å²) in [5.41, 5.74) is 7.57. The van der Waals surface area contributed by atoms with Crippen LogP contribution in [0.1, 0.15) is 36.5 Å². The second-order valence-corrected chi connectivity index (χ2v) is 11.2. The minimum Gasteiger partial charge on any atom is -0.367 e. The van der Waals surface area contributed by atoms with Gasteiger partial charge in [0.2, 0.25) is 16.0 Å². The van der Waals surface area contributed by atoms with E-state index >= 15 is 0 Å². The number of nitrogens with zero attached hydrogens (tertiary/aromatic N) is 3. The summed E-state index contributed by atoms with van der Waals surface area (Å²) in [6.07, 6.45) is 2.83. The minimum absolute atomic E-state index is 0.197. The summed E-state index contributed by atoms with van der Waals surface area (Å²) in [5.74, 6) is 1.81. The number of rotatable bonds is 11. The predicted octanol–water partition coefficient (Wildman–Crippen LogP) is 5.13. The molecular weight excluding hydrogens is 510 g/mol. The SMILES string of the molecule is CNS(=O)(=O)c1ccc(C(C)=NNc2nc(Nc3ccccc3)nc(NC3CC3)c2Cc2ccccc2)cc1. The van der Waals surface area contributed by atoms with Gasteiger partial charge in [-0.15, -0.1) is 0 Å². The Bertz CT molecular complexity index is 1560. The van der Waals surface area contributed by atoms with Gasteiger partial charge in [0, 0.05) is 23.7 Å². The highest BCUT2D eigenvalue weighted by Gasteiger charge is 2.25. The zero-order valence-corrected chi connectivity index (χ0v) is 22.7. The summed E-state index contributed by atoms with van der Waals surface area (Å²) in [6, 6.07) is 27.0. The molecule has 9 nitrogen and oxygen atoms in total. The molecule has 5 rings (SSSR count). The lowest BCUT2D eigenvalue weighted by Gasteiger charge is -2.17. The lowest BCUT2D eigenvalue weighted by molar-refractivity contribution is 0.588. The van der Waals surface area contributed by atoms with E-state index in [-0.39, 0.29) is 4.90 Å². The first-order chi connectivity index (χ1) is 18.9. The highest BCUT2D eigenvalue weighted by molar-refractivity contribution is 7.89. The van der Waals surface area contributed by atoms with Crippen molar-refractivity contribution in [2.24, 2.45) is 5.10 Å². The number of hydrazone groups is 1. The molecule has 1 aliphatic rings. The van der Waals surface area contributed by atoms with Crippen molar-refractivity contribution in [2.75, 3.05) is 23.1 Å². The fraction of sp³-hybridized carbons (Fsp3) is 0.207. The molecule has 0 unspecified atom stereocenters. The van der Waals surface area contributed by atoms with Crippen molar-refractivity contribution in [3.63, 3.8) is 0 Å². The van der Waals surface area contributed by atoms with Gasteiger partial charge in [0.15, 0.2) is 5.82 Å². The molecule has 1 aromatic heterocycles. The van der Waals surface area contributed by atoms with E-state index in [1.54, 1.807) is 24.3 Å². The molecule has 200 valence electrons. The van der Waals surface area contributed by atoms with E-state index < -0.39 is 10.0 Å². The van der Waals surface area contributed by atoms with Crippen LogP contribution in [0.15, 0.2) is 94.9 Å². The zero-order chi connectivity index (χ0) is 27.2. The van der Waals surface area contributed by atoms with Crippen LogP contribution in [0.5, 0.6) is 0 Å². The number of nitrogens with one attached hydrogen (secondary N) is 4. The Kier molecular flexibility index (Phi) is 7.85. The molecule has 4 N–H and O–H groups in total. The third kappa shape index (κ3) is 6.78. The van der Waals surface area contributed by atoms with Crippen LogP contribution in [0, 0.1) is 0 Å². The highest BCUT2D eigenvalue weighted by atomic mass is 32.2. The first kappa shape index (κ1) is 26.3. The Labute approximate surface area is 228 Å². The molecule has 1 fully saturated rings. The zero-order valence-electron chi connectivity index (χ0n) is 21.8. The molecule has 1 heterocycles. The summed E-state index contributed by atoms with van der Waals surface area (Å²) in [6.45, 7) is 1.86. The van der Waals surface area contributed by atoms with Gasteiger partial charge in [-0.3, -0.25) is 5.43 Å². The van der Waals surface area contributed by atoms with Crippen molar-refractivity contribution in [3.05, 3.63) is 102 Å². The van der Waals surface area contributed by atoms with E-state index in [2.05, 4.69) is 38.0 Å². The number of para-hydroxylation sites is 1. The van der Waals surface area contributed by atoms with Gasteiger partial charge in [0.05, 0.1) is 10.6 Å². The van der Waals surface area contributed by atoms with Crippen LogP contribution in [0.3, 0.4) is 0 Å². The van der Waals surface area contributed by atoms with Crippen LogP contribution < -0.4 is 20.8 Å². The van der Waals surface area contributed by atoms with Crippen LogP contribution in [-0.2, 0) is 16.4 Å². The normalized spacial score (nSPS) is 13.6. The topological polar surface area (TPSA) is 120 Å². The summed E-state index contributed by atoms with van der Waals surface area (Å²) >= 11 is 0. The molecule has 0 bridgehead atoms. The van der Waals surface area contributed by atoms with Gasteiger partial charge in [-0.25, -0.2) is 13.1 Å². The second-order valence-electron chi connectivity index (χ2n) is 9.34. The standard InChI is InChI=1S/C29H31N7O2S/c1-20(22-13-17-25(18-14-22)39(37,38)30-2)35-36-28-26(19-21-9-5-3-6-10-21)27(31-24-15-16-24)33-29(34-28)32-23-11-7-4-8-12-23/h3-14,17-18,24,30H,15-16,19H2,1-2H3,(H3,31,32,33,34,36). The van der Waals surface area contributed by atoms with Crippen molar-refractivity contribution in [1.29, 1.82) is 0 Å². The van der Waals surface area contributed by atoms with Crippen molar-refractivity contribution < 1.29 is 8.42 Å². The lowest BCUT2D eigenvalue weighted by Crippen LogP contribution is -2.18. The van der Waals surface area contributed by atoms with Gasteiger partial charge in [0.1, 0.15) is 5.82 Å². The molecule has 3 aromatic carbocycles. The number of anilines is 4. The van der Waals surface area contributed by atoms with Crippen LogP contribution >= 0.6 is 0 Å². The molecule has 0 saturated heterocycles. The Morgan fingerprint density at radius 1 is 0.897 bits per heavy atom. The average Bonchev–Trinajstić information content (AvgIpc) is 3.78. The van der Waals surface area contributed by atoms with E-state index in [0.717, 1.165) is 41.0 Å². The highest BCUT2D eigenvalue weighted by Crippen LogP contribution is 2.32. The Morgan fingerprint density at radius 2 is 1.54 bits per heavy atom. The summed E-state index contributed by atoms with van der Waals surface area (Å²) in [4.78, 5) is 9.85. The number of hydrogen-bond acceptors (Lipinski definition) is 8. The maximum absolute atomic E-state index is 12.1. The molecule has 0 aliphatic heterocycles. The third-order valence-electron chi connectivity index (χ3n) is 6.36. The number of sulfonamides is 1. The molecule has 0 radical (unpaired) electrons. The van der Waals surface area contributed by atoms with Gasteiger partial charge in [0.25, 0.3) is 0 Å². The van der Waals surface area contributed by atoms with E-state index in [0.29, 0.717) is 29.9 Å². The first-order valence-electron chi connectivity index (χ1n) is 12.8. The maximum atomic E-state index is 12.1. The maximum Gasteiger partial charge on any atom is 0.240 e. The Balaban J connectivity index is 1.50. The van der Waals surface area contributed by atoms with Gasteiger partial charge in [-0.1, -0.05) is 60.7 Å². The van der Waals surface area contributed by atoms with Gasteiger partial charge in [-0.05, 0) is 62.2 Å². The fourth-order valence-corrected chi connectivity index (χ4v) is 4.72. The van der Waals surface area contributed by atoms with E-state index in [4.69, 9.17) is 9.97 Å². The first-order valence-corrected chi connectivity index (χ1v) is 14.3. The fourth-order valence-electron chi connectivity index (χ4n) is 3.99. The summed E-state index contributed by atoms with van der Waals surface area (Å²) in [7, 11) is -2.12. The molecular formula is C29H31N7O2S. The smallest absolute Gasteiger partial charge is 0.240 e. The number of benzene rings is 3. The van der Waals surface area contributed by atoms with Crippen LogP contribution in [0.25, 0.3) is 0 Å². The number of hydrogen-bond donors (Lipinski definition) is 4. The Hall–Kier alpha value is -4.28. The molecule has 1 saturated carbocycles. The summed E-state index contributed by atoms with van der Waals surface area (Å²) < 4.78 is 26.5. The lowest BCUT2D eigenvalue weighted by atomic mass is 10.1.